The maximum absolute atomic E-state index is 12.1. The Hall–Kier alpha value is -0.810. The van der Waals surface area contributed by atoms with E-state index < -0.39 is 5.60 Å². The Morgan fingerprint density at radius 3 is 2.48 bits per heavy atom. The van der Waals surface area contributed by atoms with Gasteiger partial charge in [0.15, 0.2) is 0 Å². The zero-order valence-electron chi connectivity index (χ0n) is 14.7. The number of amides is 1. The molecule has 0 aromatic heterocycles. The van der Waals surface area contributed by atoms with Crippen LogP contribution < -0.4 is 5.32 Å². The lowest BCUT2D eigenvalue weighted by Crippen LogP contribution is -2.43. The highest BCUT2D eigenvalue weighted by molar-refractivity contribution is 5.68. The van der Waals surface area contributed by atoms with Gasteiger partial charge in [-0.2, -0.15) is 0 Å². The maximum atomic E-state index is 12.1. The van der Waals surface area contributed by atoms with Crippen molar-refractivity contribution in [3.05, 3.63) is 0 Å². The van der Waals surface area contributed by atoms with Crippen molar-refractivity contribution in [3.63, 3.8) is 0 Å². The first-order valence-electron chi connectivity index (χ1n) is 8.00. The summed E-state index contributed by atoms with van der Waals surface area (Å²) < 4.78 is 10.5. The molecule has 0 aliphatic heterocycles. The van der Waals surface area contributed by atoms with E-state index in [4.69, 9.17) is 9.47 Å². The molecule has 0 spiro atoms. The van der Waals surface area contributed by atoms with Gasteiger partial charge in [0.2, 0.25) is 0 Å². The zero-order chi connectivity index (χ0) is 16.3. The molecule has 0 aliphatic rings. The smallest absolute Gasteiger partial charge is 0.410 e. The van der Waals surface area contributed by atoms with E-state index >= 15 is 0 Å². The molecule has 0 aliphatic carbocycles. The molecule has 1 atom stereocenters. The number of ether oxygens (including phenoxy) is 2. The van der Waals surface area contributed by atoms with Gasteiger partial charge < -0.3 is 19.7 Å². The highest BCUT2D eigenvalue weighted by Crippen LogP contribution is 2.09. The van der Waals surface area contributed by atoms with Gasteiger partial charge in [-0.05, 0) is 34.1 Å². The highest BCUT2D eigenvalue weighted by atomic mass is 16.6. The monoisotopic (exact) mass is 302 g/mol. The van der Waals surface area contributed by atoms with Crippen LogP contribution in [0.3, 0.4) is 0 Å². The molecule has 21 heavy (non-hydrogen) atoms. The molecule has 1 N–H and O–H groups in total. The fourth-order valence-corrected chi connectivity index (χ4v) is 1.88. The lowest BCUT2D eigenvalue weighted by Gasteiger charge is -2.27. The van der Waals surface area contributed by atoms with E-state index in [1.54, 1.807) is 12.0 Å². The topological polar surface area (TPSA) is 50.8 Å². The summed E-state index contributed by atoms with van der Waals surface area (Å²) in [5.74, 6) is 0. The zero-order valence-corrected chi connectivity index (χ0v) is 14.7. The quantitative estimate of drug-likeness (QED) is 0.674. The van der Waals surface area contributed by atoms with Gasteiger partial charge in [-0.1, -0.05) is 19.8 Å². The first-order chi connectivity index (χ1) is 9.80. The van der Waals surface area contributed by atoms with Gasteiger partial charge >= 0.3 is 6.09 Å². The van der Waals surface area contributed by atoms with E-state index in [0.29, 0.717) is 25.7 Å². The molecule has 0 aromatic rings. The maximum Gasteiger partial charge on any atom is 0.410 e. The van der Waals surface area contributed by atoms with Crippen molar-refractivity contribution < 1.29 is 14.3 Å². The number of methoxy groups -OCH3 is 1. The summed E-state index contributed by atoms with van der Waals surface area (Å²) in [5.41, 5.74) is -0.468. The molecule has 126 valence electrons. The SMILES string of the molecule is CCCCC(C)NCCN(CCOC)C(=O)OC(C)(C)C. The van der Waals surface area contributed by atoms with Crippen molar-refractivity contribution in [1.82, 2.24) is 10.2 Å². The van der Waals surface area contributed by atoms with Crippen molar-refractivity contribution in [1.29, 1.82) is 0 Å². The average Bonchev–Trinajstić information content (AvgIpc) is 2.38. The van der Waals surface area contributed by atoms with Crippen LogP contribution in [0.4, 0.5) is 4.79 Å². The van der Waals surface area contributed by atoms with Crippen LogP contribution in [0, 0.1) is 0 Å². The van der Waals surface area contributed by atoms with Crippen LogP contribution >= 0.6 is 0 Å². The summed E-state index contributed by atoms with van der Waals surface area (Å²) in [6, 6.07) is 0.480. The van der Waals surface area contributed by atoms with Crippen LogP contribution in [0.25, 0.3) is 0 Å². The number of carbonyl (C=O) groups excluding carboxylic acids is 1. The van der Waals surface area contributed by atoms with Gasteiger partial charge in [0, 0.05) is 32.8 Å². The van der Waals surface area contributed by atoms with Gasteiger partial charge in [0.25, 0.3) is 0 Å². The van der Waals surface area contributed by atoms with E-state index in [0.717, 1.165) is 6.54 Å². The second kappa shape index (κ2) is 10.9. The molecular weight excluding hydrogens is 268 g/mol. The Bertz CT molecular complexity index is 277. The lowest BCUT2D eigenvalue weighted by atomic mass is 10.1. The van der Waals surface area contributed by atoms with Crippen molar-refractivity contribution in [3.8, 4) is 0 Å². The fourth-order valence-electron chi connectivity index (χ4n) is 1.88. The van der Waals surface area contributed by atoms with Crippen LogP contribution in [0.2, 0.25) is 0 Å². The molecule has 5 nitrogen and oxygen atoms in total. The van der Waals surface area contributed by atoms with Gasteiger partial charge in [-0.3, -0.25) is 0 Å². The number of carbonyl (C=O) groups is 1. The average molecular weight is 302 g/mol. The van der Waals surface area contributed by atoms with Crippen LogP contribution in [0.5, 0.6) is 0 Å². The summed E-state index contributed by atoms with van der Waals surface area (Å²) in [6.07, 6.45) is 3.33. The van der Waals surface area contributed by atoms with Crippen LogP contribution in [0.1, 0.15) is 53.9 Å². The molecule has 0 saturated heterocycles. The third-order valence-electron chi connectivity index (χ3n) is 3.08. The Labute approximate surface area is 130 Å². The van der Waals surface area contributed by atoms with Crippen molar-refractivity contribution in [2.75, 3.05) is 33.4 Å². The molecule has 5 heteroatoms. The molecule has 1 amide bonds. The van der Waals surface area contributed by atoms with E-state index in [9.17, 15) is 4.79 Å². The summed E-state index contributed by atoms with van der Waals surface area (Å²) in [7, 11) is 1.64. The number of nitrogens with one attached hydrogen (secondary N) is 1. The Kier molecular flexibility index (Phi) is 10.4. The first kappa shape index (κ1) is 20.2. The molecule has 0 aromatic carbocycles. The highest BCUT2D eigenvalue weighted by Gasteiger charge is 2.21. The van der Waals surface area contributed by atoms with E-state index in [1.165, 1.54) is 19.3 Å². The first-order valence-corrected chi connectivity index (χ1v) is 8.00. The van der Waals surface area contributed by atoms with E-state index in [-0.39, 0.29) is 6.09 Å². The van der Waals surface area contributed by atoms with E-state index in [2.05, 4.69) is 19.2 Å². The predicted molar refractivity (Wildman–Crippen MR) is 86.7 cm³/mol. The Balaban J connectivity index is 4.20. The van der Waals surface area contributed by atoms with Gasteiger partial charge in [0.05, 0.1) is 6.61 Å². The summed E-state index contributed by atoms with van der Waals surface area (Å²) >= 11 is 0. The minimum absolute atomic E-state index is 0.275. The molecule has 1 unspecified atom stereocenters. The number of nitrogens with zero attached hydrogens (tertiary/aromatic N) is 1. The third-order valence-corrected chi connectivity index (χ3v) is 3.08. The van der Waals surface area contributed by atoms with Gasteiger partial charge in [-0.15, -0.1) is 0 Å². The summed E-state index contributed by atoms with van der Waals surface area (Å²) in [4.78, 5) is 13.8. The minimum Gasteiger partial charge on any atom is -0.444 e. The van der Waals surface area contributed by atoms with Crippen LogP contribution in [-0.2, 0) is 9.47 Å². The fraction of sp³-hybridized carbons (Fsp3) is 0.938. The van der Waals surface area contributed by atoms with Crippen LogP contribution in [0.15, 0.2) is 0 Å². The Morgan fingerprint density at radius 2 is 1.95 bits per heavy atom. The number of hydrogen-bond acceptors (Lipinski definition) is 4. The second-order valence-corrected chi connectivity index (χ2v) is 6.46. The summed E-state index contributed by atoms with van der Waals surface area (Å²) in [6.45, 7) is 12.5. The van der Waals surface area contributed by atoms with Gasteiger partial charge in [-0.25, -0.2) is 4.79 Å². The van der Waals surface area contributed by atoms with E-state index in [1.807, 2.05) is 20.8 Å². The van der Waals surface area contributed by atoms with Gasteiger partial charge in [0.1, 0.15) is 5.60 Å². The molecule has 0 fully saturated rings. The van der Waals surface area contributed by atoms with Crippen molar-refractivity contribution in [2.45, 2.75) is 65.5 Å². The normalized spacial score (nSPS) is 13.0. The van der Waals surface area contributed by atoms with Crippen molar-refractivity contribution >= 4 is 6.09 Å². The number of rotatable bonds is 10. The molecule has 0 bridgehead atoms. The van der Waals surface area contributed by atoms with Crippen LogP contribution in [-0.4, -0.2) is 56.0 Å². The molecule has 0 radical (unpaired) electrons. The summed E-state index contributed by atoms with van der Waals surface area (Å²) in [5, 5.41) is 3.45. The predicted octanol–water partition coefficient (Wildman–Crippen LogP) is 3.04. The van der Waals surface area contributed by atoms with Crippen molar-refractivity contribution in [2.24, 2.45) is 0 Å². The standard InChI is InChI=1S/C16H34N2O3/c1-7-8-9-14(2)17-10-11-18(12-13-20-6)15(19)21-16(3,4)5/h14,17H,7-13H2,1-6H3. The molecular formula is C16H34N2O3. The third kappa shape index (κ3) is 11.5. The second-order valence-electron chi connectivity index (χ2n) is 6.46. The Morgan fingerprint density at radius 1 is 1.29 bits per heavy atom. The largest absolute Gasteiger partial charge is 0.444 e. The number of hydrogen-bond donors (Lipinski definition) is 1. The molecule has 0 saturated carbocycles. The molecule has 0 rings (SSSR count). The number of unbranched alkanes of at least 4 members (excludes halogenated alkanes) is 1. The minimum atomic E-state index is -0.468. The molecule has 0 heterocycles. The lowest BCUT2D eigenvalue weighted by molar-refractivity contribution is 0.0203.